The van der Waals surface area contributed by atoms with Crippen LogP contribution in [0.5, 0.6) is 0 Å². The van der Waals surface area contributed by atoms with E-state index in [0.717, 1.165) is 32.6 Å². The normalized spacial score (nSPS) is 19.7. The van der Waals surface area contributed by atoms with E-state index < -0.39 is 0 Å². The van der Waals surface area contributed by atoms with Crippen molar-refractivity contribution in [3.8, 4) is 0 Å². The Morgan fingerprint density at radius 3 is 3.11 bits per heavy atom. The third-order valence-corrected chi connectivity index (χ3v) is 3.29. The number of amides is 1. The summed E-state index contributed by atoms with van der Waals surface area (Å²) in [6.07, 6.45) is 4.84. The predicted molar refractivity (Wildman–Crippen MR) is 68.2 cm³/mol. The summed E-state index contributed by atoms with van der Waals surface area (Å²) in [5.41, 5.74) is 0.409. The minimum Gasteiger partial charge on any atom is -0.337 e. The zero-order chi connectivity index (χ0) is 12.8. The highest BCUT2D eigenvalue weighted by Gasteiger charge is 2.22. The molecule has 1 atom stereocenters. The van der Waals surface area contributed by atoms with E-state index in [1.54, 1.807) is 0 Å². The summed E-state index contributed by atoms with van der Waals surface area (Å²) >= 11 is 0. The highest BCUT2D eigenvalue weighted by molar-refractivity contribution is 5.91. The van der Waals surface area contributed by atoms with Gasteiger partial charge in [-0.05, 0) is 38.3 Å². The number of aromatic amines is 1. The molecule has 6 nitrogen and oxygen atoms in total. The van der Waals surface area contributed by atoms with Crippen molar-refractivity contribution < 1.29 is 4.79 Å². The van der Waals surface area contributed by atoms with Gasteiger partial charge in [-0.1, -0.05) is 6.92 Å². The van der Waals surface area contributed by atoms with Crippen LogP contribution in [0.3, 0.4) is 0 Å². The minimum absolute atomic E-state index is 0.0174. The second-order valence-corrected chi connectivity index (χ2v) is 4.82. The van der Waals surface area contributed by atoms with Crippen LogP contribution in [0.25, 0.3) is 0 Å². The van der Waals surface area contributed by atoms with Gasteiger partial charge in [0.25, 0.3) is 5.91 Å². The van der Waals surface area contributed by atoms with Crippen molar-refractivity contribution in [2.45, 2.75) is 26.2 Å². The molecule has 1 amide bonds. The summed E-state index contributed by atoms with van der Waals surface area (Å²) in [4.78, 5) is 14.2. The summed E-state index contributed by atoms with van der Waals surface area (Å²) in [5.74, 6) is 0.539. The first-order chi connectivity index (χ1) is 8.81. The molecule has 0 radical (unpaired) electrons. The molecule has 1 unspecified atom stereocenters. The van der Waals surface area contributed by atoms with E-state index >= 15 is 0 Å². The van der Waals surface area contributed by atoms with Gasteiger partial charge in [-0.25, -0.2) is 0 Å². The van der Waals surface area contributed by atoms with E-state index in [1.165, 1.54) is 19.0 Å². The number of carbonyl (C=O) groups is 1. The Kier molecular flexibility index (Phi) is 4.69. The molecule has 1 fully saturated rings. The Morgan fingerprint density at radius 1 is 1.61 bits per heavy atom. The summed E-state index contributed by atoms with van der Waals surface area (Å²) in [5, 5.41) is 13.4. The lowest BCUT2D eigenvalue weighted by atomic mass is 9.99. The smallest absolute Gasteiger partial charge is 0.276 e. The van der Waals surface area contributed by atoms with E-state index in [-0.39, 0.29) is 5.91 Å². The Morgan fingerprint density at radius 2 is 2.50 bits per heavy atom. The number of rotatable bonds is 5. The fourth-order valence-electron chi connectivity index (χ4n) is 2.40. The predicted octanol–water partition coefficient (Wildman–Crippen LogP) is 0.657. The maximum atomic E-state index is 12.3. The molecule has 0 bridgehead atoms. The van der Waals surface area contributed by atoms with Crippen LogP contribution in [0, 0.1) is 5.92 Å². The number of piperidine rings is 1. The van der Waals surface area contributed by atoms with Gasteiger partial charge in [0.2, 0.25) is 0 Å². The summed E-state index contributed by atoms with van der Waals surface area (Å²) in [7, 11) is 0. The molecule has 0 saturated carbocycles. The highest BCUT2D eigenvalue weighted by Crippen LogP contribution is 2.13. The fourth-order valence-corrected chi connectivity index (χ4v) is 2.40. The van der Waals surface area contributed by atoms with E-state index in [2.05, 4.69) is 27.7 Å². The summed E-state index contributed by atoms with van der Waals surface area (Å²) in [6, 6.07) is 0. The van der Waals surface area contributed by atoms with Crippen molar-refractivity contribution >= 4 is 5.91 Å². The first-order valence-corrected chi connectivity index (χ1v) is 6.67. The van der Waals surface area contributed by atoms with Gasteiger partial charge in [-0.3, -0.25) is 4.79 Å². The second kappa shape index (κ2) is 6.49. The van der Waals surface area contributed by atoms with Crippen LogP contribution in [0.15, 0.2) is 6.20 Å². The number of hydrogen-bond donors (Lipinski definition) is 2. The maximum absolute atomic E-state index is 12.3. The molecule has 2 heterocycles. The molecule has 1 aliphatic heterocycles. The standard InChI is InChI=1S/C12H21N5O/c1-2-6-17(9-10-4-3-5-13-7-10)12(18)11-8-14-16-15-11/h8,10,13H,2-7,9H2,1H3,(H,14,15,16). The van der Waals surface area contributed by atoms with Crippen molar-refractivity contribution in [1.29, 1.82) is 0 Å². The van der Waals surface area contributed by atoms with E-state index in [1.807, 2.05) is 4.90 Å². The average Bonchev–Trinajstić information content (AvgIpc) is 2.92. The molecular weight excluding hydrogens is 230 g/mol. The largest absolute Gasteiger partial charge is 0.337 e. The lowest BCUT2D eigenvalue weighted by Crippen LogP contribution is -2.41. The first kappa shape index (κ1) is 13.0. The van der Waals surface area contributed by atoms with Crippen molar-refractivity contribution in [3.63, 3.8) is 0 Å². The van der Waals surface area contributed by atoms with Gasteiger partial charge in [-0.15, -0.1) is 0 Å². The van der Waals surface area contributed by atoms with E-state index in [4.69, 9.17) is 0 Å². The van der Waals surface area contributed by atoms with Gasteiger partial charge in [0, 0.05) is 13.1 Å². The molecule has 0 spiro atoms. The molecule has 0 aliphatic carbocycles. The molecule has 100 valence electrons. The number of H-pyrrole nitrogens is 1. The number of hydrogen-bond acceptors (Lipinski definition) is 4. The lowest BCUT2D eigenvalue weighted by molar-refractivity contribution is 0.0713. The number of nitrogens with zero attached hydrogens (tertiary/aromatic N) is 3. The van der Waals surface area contributed by atoms with Crippen molar-refractivity contribution in [3.05, 3.63) is 11.9 Å². The van der Waals surface area contributed by atoms with Crippen LogP contribution in [0.2, 0.25) is 0 Å². The number of nitrogens with one attached hydrogen (secondary N) is 2. The average molecular weight is 251 g/mol. The SMILES string of the molecule is CCCN(CC1CCCNC1)C(=O)c1cn[nH]n1. The van der Waals surface area contributed by atoms with Gasteiger partial charge in [-0.2, -0.15) is 15.4 Å². The van der Waals surface area contributed by atoms with Crippen molar-refractivity contribution in [2.24, 2.45) is 5.92 Å². The first-order valence-electron chi connectivity index (χ1n) is 6.67. The van der Waals surface area contributed by atoms with Gasteiger partial charge in [0.05, 0.1) is 6.20 Å². The van der Waals surface area contributed by atoms with Crippen LogP contribution in [-0.2, 0) is 0 Å². The summed E-state index contributed by atoms with van der Waals surface area (Å²) < 4.78 is 0. The second-order valence-electron chi connectivity index (χ2n) is 4.82. The fraction of sp³-hybridized carbons (Fsp3) is 0.750. The molecule has 2 N–H and O–H groups in total. The van der Waals surface area contributed by atoms with Crippen molar-refractivity contribution in [2.75, 3.05) is 26.2 Å². The van der Waals surface area contributed by atoms with Crippen LogP contribution in [0.4, 0.5) is 0 Å². The van der Waals surface area contributed by atoms with Crippen LogP contribution in [-0.4, -0.2) is 52.4 Å². The maximum Gasteiger partial charge on any atom is 0.276 e. The highest BCUT2D eigenvalue weighted by atomic mass is 16.2. The number of aromatic nitrogens is 3. The Hall–Kier alpha value is -1.43. The Bertz CT molecular complexity index is 359. The molecule has 6 heteroatoms. The molecule has 18 heavy (non-hydrogen) atoms. The van der Waals surface area contributed by atoms with Gasteiger partial charge in [0.1, 0.15) is 0 Å². The lowest BCUT2D eigenvalue weighted by Gasteiger charge is -2.29. The molecule has 1 saturated heterocycles. The summed E-state index contributed by atoms with van der Waals surface area (Å²) in [6.45, 7) is 5.78. The van der Waals surface area contributed by atoms with Crippen molar-refractivity contribution in [1.82, 2.24) is 25.6 Å². The Labute approximate surface area is 107 Å². The molecule has 0 aromatic carbocycles. The minimum atomic E-state index is -0.0174. The quantitative estimate of drug-likeness (QED) is 0.806. The molecule has 1 aromatic heterocycles. The third kappa shape index (κ3) is 3.29. The monoisotopic (exact) mass is 251 g/mol. The topological polar surface area (TPSA) is 73.9 Å². The zero-order valence-corrected chi connectivity index (χ0v) is 10.9. The molecule has 1 aliphatic rings. The molecular formula is C12H21N5O. The van der Waals surface area contributed by atoms with Gasteiger partial charge < -0.3 is 10.2 Å². The molecule has 2 rings (SSSR count). The zero-order valence-electron chi connectivity index (χ0n) is 10.9. The molecule has 1 aromatic rings. The third-order valence-electron chi connectivity index (χ3n) is 3.29. The van der Waals surface area contributed by atoms with Crippen LogP contribution < -0.4 is 5.32 Å². The van der Waals surface area contributed by atoms with Crippen LogP contribution in [0.1, 0.15) is 36.7 Å². The van der Waals surface area contributed by atoms with Gasteiger partial charge in [0.15, 0.2) is 5.69 Å². The van der Waals surface area contributed by atoms with E-state index in [0.29, 0.717) is 11.6 Å². The van der Waals surface area contributed by atoms with Gasteiger partial charge >= 0.3 is 0 Å². The van der Waals surface area contributed by atoms with E-state index in [9.17, 15) is 4.79 Å². The Balaban J connectivity index is 1.96. The van der Waals surface area contributed by atoms with Crippen LogP contribution >= 0.6 is 0 Å². The number of carbonyl (C=O) groups excluding carboxylic acids is 1.